The monoisotopic (exact) mass is 208 g/mol. The Morgan fingerprint density at radius 3 is 2.67 bits per heavy atom. The summed E-state index contributed by atoms with van der Waals surface area (Å²) in [6, 6.07) is 0. The van der Waals surface area contributed by atoms with Crippen LogP contribution in [0.5, 0.6) is 0 Å². The van der Waals surface area contributed by atoms with E-state index in [9.17, 15) is 4.79 Å². The van der Waals surface area contributed by atoms with E-state index in [1.807, 2.05) is 0 Å². The molecule has 0 aromatic carbocycles. The zero-order valence-electron chi connectivity index (χ0n) is 10.2. The van der Waals surface area contributed by atoms with E-state index in [2.05, 4.69) is 19.9 Å². The van der Waals surface area contributed by atoms with Gasteiger partial charge in [-0.1, -0.05) is 39.2 Å². The van der Waals surface area contributed by atoms with Crippen molar-refractivity contribution < 1.29 is 4.79 Å². The number of unbranched alkanes of at least 4 members (excludes halogenated alkanes) is 2. The number of Topliss-reactive ketones (excluding diaryl/α,β-unsaturated/α-hetero) is 1. The molecule has 0 heterocycles. The van der Waals surface area contributed by atoms with Crippen LogP contribution in [0.25, 0.3) is 0 Å². The van der Waals surface area contributed by atoms with Crippen molar-refractivity contribution in [3.8, 4) is 0 Å². The lowest BCUT2D eigenvalue weighted by molar-refractivity contribution is -0.117. The highest BCUT2D eigenvalue weighted by Crippen LogP contribution is 2.26. The maximum atomic E-state index is 11.8. The number of hydrogen-bond donors (Lipinski definition) is 0. The SMILES string of the molecule is CCCCCC1=CCC(CCC)CC1=O. The average Bonchev–Trinajstić information content (AvgIpc) is 2.22. The molecule has 1 nitrogen and oxygen atoms in total. The molecule has 1 heteroatoms. The highest BCUT2D eigenvalue weighted by Gasteiger charge is 2.20. The first-order chi connectivity index (χ1) is 7.27. The second-order valence-electron chi connectivity index (χ2n) is 4.70. The highest BCUT2D eigenvalue weighted by molar-refractivity contribution is 5.96. The molecule has 0 aromatic rings. The lowest BCUT2D eigenvalue weighted by Gasteiger charge is -2.20. The summed E-state index contributed by atoms with van der Waals surface area (Å²) in [5.41, 5.74) is 1.12. The Labute approximate surface area is 93.9 Å². The van der Waals surface area contributed by atoms with Crippen LogP contribution in [-0.4, -0.2) is 5.78 Å². The smallest absolute Gasteiger partial charge is 0.158 e. The Kier molecular flexibility index (Phi) is 5.67. The minimum atomic E-state index is 0.427. The average molecular weight is 208 g/mol. The molecule has 0 saturated heterocycles. The molecular weight excluding hydrogens is 184 g/mol. The van der Waals surface area contributed by atoms with E-state index in [-0.39, 0.29) is 0 Å². The van der Waals surface area contributed by atoms with Gasteiger partial charge in [-0.25, -0.2) is 0 Å². The van der Waals surface area contributed by atoms with Crippen LogP contribution in [-0.2, 0) is 4.79 Å². The van der Waals surface area contributed by atoms with Gasteiger partial charge in [-0.05, 0) is 37.2 Å². The fourth-order valence-electron chi connectivity index (χ4n) is 2.33. The van der Waals surface area contributed by atoms with E-state index in [4.69, 9.17) is 0 Å². The Balaban J connectivity index is 2.36. The molecule has 0 bridgehead atoms. The molecule has 0 radical (unpaired) electrons. The molecule has 0 fully saturated rings. The van der Waals surface area contributed by atoms with Crippen molar-refractivity contribution >= 4 is 5.78 Å². The van der Waals surface area contributed by atoms with Gasteiger partial charge in [0.05, 0.1) is 0 Å². The van der Waals surface area contributed by atoms with E-state index in [0.717, 1.165) is 24.8 Å². The van der Waals surface area contributed by atoms with E-state index < -0.39 is 0 Å². The van der Waals surface area contributed by atoms with Crippen molar-refractivity contribution in [2.45, 2.75) is 65.2 Å². The van der Waals surface area contributed by atoms with Gasteiger partial charge in [-0.2, -0.15) is 0 Å². The maximum absolute atomic E-state index is 11.8. The van der Waals surface area contributed by atoms with Crippen LogP contribution in [0, 0.1) is 5.92 Å². The van der Waals surface area contributed by atoms with Crippen LogP contribution in [0.4, 0.5) is 0 Å². The fourth-order valence-corrected chi connectivity index (χ4v) is 2.33. The molecule has 1 unspecified atom stereocenters. The zero-order chi connectivity index (χ0) is 11.1. The van der Waals surface area contributed by atoms with E-state index in [1.54, 1.807) is 0 Å². The fraction of sp³-hybridized carbons (Fsp3) is 0.786. The molecule has 0 N–H and O–H groups in total. The molecule has 86 valence electrons. The van der Waals surface area contributed by atoms with Gasteiger partial charge in [0.25, 0.3) is 0 Å². The summed E-state index contributed by atoms with van der Waals surface area (Å²) in [6.07, 6.45) is 11.3. The predicted molar refractivity (Wildman–Crippen MR) is 64.9 cm³/mol. The third-order valence-corrected chi connectivity index (χ3v) is 3.28. The number of ketones is 1. The van der Waals surface area contributed by atoms with Gasteiger partial charge in [0.15, 0.2) is 5.78 Å². The third kappa shape index (κ3) is 4.19. The summed E-state index contributed by atoms with van der Waals surface area (Å²) in [6.45, 7) is 4.40. The van der Waals surface area contributed by atoms with Crippen LogP contribution in [0.1, 0.15) is 65.2 Å². The standard InChI is InChI=1S/C14H24O/c1-3-5-6-8-13-10-9-12(7-4-2)11-14(13)15/h10,12H,3-9,11H2,1-2H3. The quantitative estimate of drug-likeness (QED) is 0.596. The van der Waals surface area contributed by atoms with Crippen molar-refractivity contribution in [1.82, 2.24) is 0 Å². The van der Waals surface area contributed by atoms with E-state index in [0.29, 0.717) is 11.7 Å². The molecule has 0 aliphatic heterocycles. The minimum Gasteiger partial charge on any atom is -0.295 e. The number of carbonyl (C=O) groups excluding carboxylic acids is 1. The van der Waals surface area contributed by atoms with Crippen molar-refractivity contribution in [2.75, 3.05) is 0 Å². The Morgan fingerprint density at radius 1 is 1.27 bits per heavy atom. The van der Waals surface area contributed by atoms with Gasteiger partial charge >= 0.3 is 0 Å². The molecule has 0 saturated carbocycles. The number of carbonyl (C=O) groups is 1. The van der Waals surface area contributed by atoms with Gasteiger partial charge in [0.2, 0.25) is 0 Å². The number of allylic oxidation sites excluding steroid dienone is 2. The van der Waals surface area contributed by atoms with Crippen molar-refractivity contribution in [3.05, 3.63) is 11.6 Å². The Bertz CT molecular complexity index is 227. The van der Waals surface area contributed by atoms with Gasteiger partial charge in [-0.3, -0.25) is 4.79 Å². The molecule has 0 spiro atoms. The zero-order valence-corrected chi connectivity index (χ0v) is 10.2. The molecule has 1 aliphatic rings. The van der Waals surface area contributed by atoms with Crippen molar-refractivity contribution in [1.29, 1.82) is 0 Å². The highest BCUT2D eigenvalue weighted by atomic mass is 16.1. The summed E-state index contributed by atoms with van der Waals surface area (Å²) in [5, 5.41) is 0. The van der Waals surface area contributed by atoms with Gasteiger partial charge in [-0.15, -0.1) is 0 Å². The minimum absolute atomic E-state index is 0.427. The van der Waals surface area contributed by atoms with E-state index >= 15 is 0 Å². The molecule has 15 heavy (non-hydrogen) atoms. The van der Waals surface area contributed by atoms with Crippen LogP contribution in [0.3, 0.4) is 0 Å². The number of hydrogen-bond acceptors (Lipinski definition) is 1. The van der Waals surface area contributed by atoms with Crippen molar-refractivity contribution in [2.24, 2.45) is 5.92 Å². The number of rotatable bonds is 6. The largest absolute Gasteiger partial charge is 0.295 e. The van der Waals surface area contributed by atoms with Crippen molar-refractivity contribution in [3.63, 3.8) is 0 Å². The molecular formula is C14H24O. The summed E-state index contributed by atoms with van der Waals surface area (Å²) < 4.78 is 0. The van der Waals surface area contributed by atoms with Gasteiger partial charge in [0, 0.05) is 6.42 Å². The first kappa shape index (κ1) is 12.5. The Morgan fingerprint density at radius 2 is 2.07 bits per heavy atom. The van der Waals surface area contributed by atoms with Gasteiger partial charge in [0.1, 0.15) is 0 Å². The second kappa shape index (κ2) is 6.81. The second-order valence-corrected chi connectivity index (χ2v) is 4.70. The normalized spacial score (nSPS) is 21.6. The third-order valence-electron chi connectivity index (χ3n) is 3.28. The lowest BCUT2D eigenvalue weighted by atomic mass is 9.84. The molecule has 1 atom stereocenters. The molecule has 1 aliphatic carbocycles. The molecule has 0 aromatic heterocycles. The topological polar surface area (TPSA) is 17.1 Å². The Hall–Kier alpha value is -0.590. The first-order valence-corrected chi connectivity index (χ1v) is 6.50. The van der Waals surface area contributed by atoms with Crippen LogP contribution in [0.15, 0.2) is 11.6 Å². The summed E-state index contributed by atoms with van der Waals surface area (Å²) in [5.74, 6) is 1.06. The maximum Gasteiger partial charge on any atom is 0.158 e. The van der Waals surface area contributed by atoms with Gasteiger partial charge < -0.3 is 0 Å². The molecule has 1 rings (SSSR count). The van der Waals surface area contributed by atoms with E-state index in [1.165, 1.54) is 32.1 Å². The summed E-state index contributed by atoms with van der Waals surface area (Å²) >= 11 is 0. The van der Waals surface area contributed by atoms with Crippen LogP contribution < -0.4 is 0 Å². The first-order valence-electron chi connectivity index (χ1n) is 6.50. The van der Waals surface area contributed by atoms with Crippen LogP contribution >= 0.6 is 0 Å². The predicted octanol–water partition coefficient (Wildman–Crippen LogP) is 4.27. The molecule has 0 amide bonds. The van der Waals surface area contributed by atoms with Crippen LogP contribution in [0.2, 0.25) is 0 Å². The summed E-state index contributed by atoms with van der Waals surface area (Å²) in [4.78, 5) is 11.8. The summed E-state index contributed by atoms with van der Waals surface area (Å²) in [7, 11) is 0. The lowest BCUT2D eigenvalue weighted by Crippen LogP contribution is -2.15.